The van der Waals surface area contributed by atoms with Crippen molar-refractivity contribution in [1.82, 2.24) is 0 Å². The van der Waals surface area contributed by atoms with Gasteiger partial charge in [0.05, 0.1) is 0 Å². The quantitative estimate of drug-likeness (QED) is 0.364. The zero-order valence-corrected chi connectivity index (χ0v) is 10.9. The molecule has 1 rings (SSSR count). The lowest BCUT2D eigenvalue weighted by molar-refractivity contribution is 0.318. The first kappa shape index (κ1) is 13.4. The lowest BCUT2D eigenvalue weighted by Crippen LogP contribution is -2.23. The SMILES string of the molecule is Cc1cc(N(C)CC(C)C)ccc1/C(N)=N/O. The zero-order chi connectivity index (χ0) is 13.0. The third-order valence-electron chi connectivity index (χ3n) is 2.67. The molecule has 0 bridgehead atoms. The standard InChI is InChI=1S/C13H21N3O/c1-9(2)8-16(4)11-5-6-12(10(3)7-11)13(14)15-17/h5-7,9,17H,8H2,1-4H3,(H2,14,15). The van der Waals surface area contributed by atoms with Crippen LogP contribution in [0.15, 0.2) is 23.4 Å². The van der Waals surface area contributed by atoms with Gasteiger partial charge in [-0.2, -0.15) is 0 Å². The number of rotatable bonds is 4. The van der Waals surface area contributed by atoms with Crippen LogP contribution in [0.5, 0.6) is 0 Å². The van der Waals surface area contributed by atoms with Gasteiger partial charge in [-0.15, -0.1) is 0 Å². The van der Waals surface area contributed by atoms with E-state index >= 15 is 0 Å². The van der Waals surface area contributed by atoms with Crippen molar-refractivity contribution >= 4 is 11.5 Å². The molecule has 0 aliphatic rings. The Morgan fingerprint density at radius 3 is 2.59 bits per heavy atom. The summed E-state index contributed by atoms with van der Waals surface area (Å²) in [5.74, 6) is 0.768. The van der Waals surface area contributed by atoms with E-state index < -0.39 is 0 Å². The van der Waals surface area contributed by atoms with Crippen LogP contribution in [0.3, 0.4) is 0 Å². The van der Waals surface area contributed by atoms with Gasteiger partial charge < -0.3 is 15.8 Å². The smallest absolute Gasteiger partial charge is 0.170 e. The summed E-state index contributed by atoms with van der Waals surface area (Å²) in [4.78, 5) is 2.20. The molecule has 0 fully saturated rings. The van der Waals surface area contributed by atoms with Gasteiger partial charge in [-0.05, 0) is 36.6 Å². The van der Waals surface area contributed by atoms with Crippen LogP contribution in [0.4, 0.5) is 5.69 Å². The molecule has 3 N–H and O–H groups in total. The molecule has 1 aromatic rings. The van der Waals surface area contributed by atoms with E-state index in [1.54, 1.807) is 0 Å². The summed E-state index contributed by atoms with van der Waals surface area (Å²) >= 11 is 0. The molecule has 0 spiro atoms. The van der Waals surface area contributed by atoms with E-state index in [-0.39, 0.29) is 5.84 Å². The molecule has 0 aliphatic carbocycles. The van der Waals surface area contributed by atoms with Gasteiger partial charge in [-0.1, -0.05) is 19.0 Å². The highest BCUT2D eigenvalue weighted by molar-refractivity contribution is 5.98. The average Bonchev–Trinajstić information content (AvgIpc) is 2.27. The molecule has 94 valence electrons. The Bertz CT molecular complexity index is 413. The Balaban J connectivity index is 2.96. The topological polar surface area (TPSA) is 61.8 Å². The van der Waals surface area contributed by atoms with Crippen molar-refractivity contribution < 1.29 is 5.21 Å². The molecule has 4 nitrogen and oxygen atoms in total. The number of amidine groups is 1. The van der Waals surface area contributed by atoms with Crippen molar-refractivity contribution in [2.45, 2.75) is 20.8 Å². The number of nitrogens with two attached hydrogens (primary N) is 1. The first-order chi connectivity index (χ1) is 7.95. The maximum absolute atomic E-state index is 8.66. The van der Waals surface area contributed by atoms with Crippen molar-refractivity contribution in [3.63, 3.8) is 0 Å². The lowest BCUT2D eigenvalue weighted by atomic mass is 10.1. The van der Waals surface area contributed by atoms with E-state index in [2.05, 4.69) is 37.0 Å². The summed E-state index contributed by atoms with van der Waals surface area (Å²) in [6, 6.07) is 5.93. The van der Waals surface area contributed by atoms with Crippen molar-refractivity contribution in [2.24, 2.45) is 16.8 Å². The van der Waals surface area contributed by atoms with Crippen LogP contribution in [0, 0.1) is 12.8 Å². The van der Waals surface area contributed by atoms with Crippen LogP contribution in [-0.4, -0.2) is 24.6 Å². The number of anilines is 1. The van der Waals surface area contributed by atoms with Gasteiger partial charge >= 0.3 is 0 Å². The molecule has 0 atom stereocenters. The average molecular weight is 235 g/mol. The van der Waals surface area contributed by atoms with Crippen LogP contribution in [-0.2, 0) is 0 Å². The maximum Gasteiger partial charge on any atom is 0.170 e. The van der Waals surface area contributed by atoms with Crippen LogP contribution in [0.2, 0.25) is 0 Å². The highest BCUT2D eigenvalue weighted by Crippen LogP contribution is 2.19. The van der Waals surface area contributed by atoms with Crippen molar-refractivity contribution in [3.05, 3.63) is 29.3 Å². The third-order valence-corrected chi connectivity index (χ3v) is 2.67. The number of hydrogen-bond donors (Lipinski definition) is 2. The summed E-state index contributed by atoms with van der Waals surface area (Å²) in [5.41, 5.74) is 8.51. The molecule has 4 heteroatoms. The largest absolute Gasteiger partial charge is 0.409 e. The number of aryl methyl sites for hydroxylation is 1. The number of nitrogens with zero attached hydrogens (tertiary/aromatic N) is 2. The molecular formula is C13H21N3O. The Morgan fingerprint density at radius 2 is 2.12 bits per heavy atom. The van der Waals surface area contributed by atoms with E-state index in [0.717, 1.165) is 23.4 Å². The molecule has 0 saturated heterocycles. The number of oxime groups is 1. The fourth-order valence-corrected chi connectivity index (χ4v) is 1.88. The van der Waals surface area contributed by atoms with Gasteiger partial charge in [-0.3, -0.25) is 0 Å². The van der Waals surface area contributed by atoms with Gasteiger partial charge in [0.15, 0.2) is 5.84 Å². The summed E-state index contributed by atoms with van der Waals surface area (Å²) in [6.45, 7) is 7.34. The first-order valence-corrected chi connectivity index (χ1v) is 5.75. The minimum absolute atomic E-state index is 0.153. The third kappa shape index (κ3) is 3.37. The van der Waals surface area contributed by atoms with E-state index in [9.17, 15) is 0 Å². The summed E-state index contributed by atoms with van der Waals surface area (Å²) in [5, 5.41) is 11.7. The molecular weight excluding hydrogens is 214 g/mol. The highest BCUT2D eigenvalue weighted by Gasteiger charge is 2.08. The molecule has 0 aliphatic heterocycles. The molecule has 0 heterocycles. The molecule has 0 unspecified atom stereocenters. The van der Waals surface area contributed by atoms with Gasteiger partial charge in [0.25, 0.3) is 0 Å². The predicted molar refractivity (Wildman–Crippen MR) is 71.8 cm³/mol. The Kier molecular flexibility index (Phi) is 4.37. The van der Waals surface area contributed by atoms with E-state index in [1.165, 1.54) is 0 Å². The normalized spacial score (nSPS) is 11.9. The van der Waals surface area contributed by atoms with Crippen molar-refractivity contribution in [2.75, 3.05) is 18.5 Å². The Labute approximate surface area is 103 Å². The zero-order valence-electron chi connectivity index (χ0n) is 10.9. The van der Waals surface area contributed by atoms with E-state index in [1.807, 2.05) is 19.1 Å². The molecule has 17 heavy (non-hydrogen) atoms. The fraction of sp³-hybridized carbons (Fsp3) is 0.462. The predicted octanol–water partition coefficient (Wildman–Crippen LogP) is 2.18. The highest BCUT2D eigenvalue weighted by atomic mass is 16.4. The fourth-order valence-electron chi connectivity index (χ4n) is 1.88. The second kappa shape index (κ2) is 5.57. The van der Waals surface area contributed by atoms with Gasteiger partial charge in [0.2, 0.25) is 0 Å². The molecule has 1 aromatic carbocycles. The summed E-state index contributed by atoms with van der Waals surface area (Å²) in [7, 11) is 2.07. The van der Waals surface area contributed by atoms with E-state index in [0.29, 0.717) is 5.92 Å². The molecule has 0 radical (unpaired) electrons. The minimum atomic E-state index is 0.153. The van der Waals surface area contributed by atoms with Crippen molar-refractivity contribution in [1.29, 1.82) is 0 Å². The van der Waals surface area contributed by atoms with Crippen LogP contribution < -0.4 is 10.6 Å². The second-order valence-electron chi connectivity index (χ2n) is 4.76. The van der Waals surface area contributed by atoms with Crippen LogP contribution in [0.1, 0.15) is 25.0 Å². The number of hydrogen-bond acceptors (Lipinski definition) is 3. The van der Waals surface area contributed by atoms with Gasteiger partial charge in [0, 0.05) is 24.8 Å². The summed E-state index contributed by atoms with van der Waals surface area (Å²) < 4.78 is 0. The molecule has 0 saturated carbocycles. The molecule has 0 amide bonds. The molecule has 0 aromatic heterocycles. The van der Waals surface area contributed by atoms with Crippen LogP contribution >= 0.6 is 0 Å². The lowest BCUT2D eigenvalue weighted by Gasteiger charge is -2.22. The van der Waals surface area contributed by atoms with Crippen LogP contribution in [0.25, 0.3) is 0 Å². The Morgan fingerprint density at radius 1 is 1.47 bits per heavy atom. The summed E-state index contributed by atoms with van der Waals surface area (Å²) in [6.07, 6.45) is 0. The van der Waals surface area contributed by atoms with Gasteiger partial charge in [-0.25, -0.2) is 0 Å². The second-order valence-corrected chi connectivity index (χ2v) is 4.76. The monoisotopic (exact) mass is 235 g/mol. The minimum Gasteiger partial charge on any atom is -0.409 e. The van der Waals surface area contributed by atoms with E-state index in [4.69, 9.17) is 10.9 Å². The van der Waals surface area contributed by atoms with Crippen molar-refractivity contribution in [3.8, 4) is 0 Å². The number of benzene rings is 1. The van der Waals surface area contributed by atoms with Gasteiger partial charge in [0.1, 0.15) is 0 Å². The Hall–Kier alpha value is -1.71. The maximum atomic E-state index is 8.66. The first-order valence-electron chi connectivity index (χ1n) is 5.75.